The summed E-state index contributed by atoms with van der Waals surface area (Å²) in [6, 6.07) is 7.92. The van der Waals surface area contributed by atoms with Crippen LogP contribution in [0, 0.1) is 0 Å². The predicted octanol–water partition coefficient (Wildman–Crippen LogP) is 1.90. The molecule has 2 aromatic heterocycles. The fourth-order valence-electron chi connectivity index (χ4n) is 4.97. The average Bonchev–Trinajstić information content (AvgIpc) is 3.21. The number of piperidine rings is 2. The second kappa shape index (κ2) is 7.60. The van der Waals surface area contributed by atoms with Crippen molar-refractivity contribution in [2.24, 2.45) is 0 Å². The number of nitrogens with one attached hydrogen (secondary N) is 1. The van der Waals surface area contributed by atoms with E-state index in [1.807, 2.05) is 17.0 Å². The number of carbonyl (C=O) groups excluding carboxylic acids is 1. The summed E-state index contributed by atoms with van der Waals surface area (Å²) < 4.78 is 6.36. The number of thiophene rings is 1. The number of ether oxygens (including phenoxy) is 1. The molecule has 4 N–H and O–H groups in total. The van der Waals surface area contributed by atoms with Gasteiger partial charge in [-0.3, -0.25) is 4.79 Å². The van der Waals surface area contributed by atoms with Gasteiger partial charge >= 0.3 is 0 Å². The fraction of sp³-hybridized carbons (Fsp3) is 0.545. The molecule has 1 amide bonds. The quantitative estimate of drug-likeness (QED) is 0.676. The lowest BCUT2D eigenvalue weighted by atomic mass is 9.81. The minimum Gasteiger partial charge on any atom is -0.384 e. The highest BCUT2D eigenvalue weighted by Crippen LogP contribution is 2.46. The van der Waals surface area contributed by atoms with Crippen molar-refractivity contribution in [3.8, 4) is 10.6 Å². The standard InChI is InChI=1S/C22H28N4O3S/c23-19-3-1-2-16(25-19)18-14-15-17(30-18)4-13-29-22(15)7-11-26(12-8-22)20(27)21(28)5-9-24-10-6-21/h1-3,14,24,28H,4-13H2,(H2,23,25). The minimum atomic E-state index is -1.22. The molecular weight excluding hydrogens is 400 g/mol. The summed E-state index contributed by atoms with van der Waals surface area (Å²) in [5, 5.41) is 14.0. The molecule has 0 aliphatic carbocycles. The van der Waals surface area contributed by atoms with Gasteiger partial charge in [0.2, 0.25) is 0 Å². The summed E-state index contributed by atoms with van der Waals surface area (Å²) >= 11 is 1.77. The molecule has 0 radical (unpaired) electrons. The van der Waals surface area contributed by atoms with E-state index in [0.717, 1.165) is 29.8 Å². The third-order valence-corrected chi connectivity index (χ3v) is 7.93. The first-order valence-electron chi connectivity index (χ1n) is 10.7. The monoisotopic (exact) mass is 428 g/mol. The van der Waals surface area contributed by atoms with Crippen molar-refractivity contribution in [1.82, 2.24) is 15.2 Å². The van der Waals surface area contributed by atoms with Crippen LogP contribution in [0.2, 0.25) is 0 Å². The lowest BCUT2D eigenvalue weighted by molar-refractivity contribution is -0.161. The highest BCUT2D eigenvalue weighted by Gasteiger charge is 2.46. The number of hydrogen-bond donors (Lipinski definition) is 3. The molecule has 2 fully saturated rings. The Balaban J connectivity index is 1.36. The molecule has 2 saturated heterocycles. The zero-order valence-electron chi connectivity index (χ0n) is 17.0. The molecule has 0 unspecified atom stereocenters. The smallest absolute Gasteiger partial charge is 0.254 e. The summed E-state index contributed by atoms with van der Waals surface area (Å²) in [6.45, 7) is 3.27. The van der Waals surface area contributed by atoms with Crippen molar-refractivity contribution in [3.05, 3.63) is 34.7 Å². The van der Waals surface area contributed by atoms with Gasteiger partial charge in [-0.15, -0.1) is 11.3 Å². The highest BCUT2D eigenvalue weighted by molar-refractivity contribution is 7.15. The van der Waals surface area contributed by atoms with Crippen LogP contribution in [0.15, 0.2) is 24.3 Å². The van der Waals surface area contributed by atoms with Crippen LogP contribution in [0.5, 0.6) is 0 Å². The number of aliphatic hydroxyl groups is 1. The molecule has 0 atom stereocenters. The molecule has 3 aliphatic rings. The minimum absolute atomic E-state index is 0.121. The molecule has 0 saturated carbocycles. The number of rotatable bonds is 2. The van der Waals surface area contributed by atoms with E-state index in [-0.39, 0.29) is 11.5 Å². The third kappa shape index (κ3) is 3.41. The molecule has 1 spiro atoms. The van der Waals surface area contributed by atoms with E-state index >= 15 is 0 Å². The van der Waals surface area contributed by atoms with Crippen LogP contribution < -0.4 is 11.1 Å². The Morgan fingerprint density at radius 3 is 2.73 bits per heavy atom. The molecule has 8 heteroatoms. The van der Waals surface area contributed by atoms with Crippen molar-refractivity contribution in [3.63, 3.8) is 0 Å². The molecule has 0 bridgehead atoms. The van der Waals surface area contributed by atoms with Crippen molar-refractivity contribution >= 4 is 23.1 Å². The van der Waals surface area contributed by atoms with Crippen LogP contribution in [0.4, 0.5) is 5.82 Å². The maximum atomic E-state index is 13.0. The number of fused-ring (bicyclic) bond motifs is 2. The highest BCUT2D eigenvalue weighted by atomic mass is 32.1. The second-order valence-corrected chi connectivity index (χ2v) is 9.70. The van der Waals surface area contributed by atoms with Crippen LogP contribution in [0.25, 0.3) is 10.6 Å². The molecule has 5 heterocycles. The van der Waals surface area contributed by atoms with Gasteiger partial charge in [-0.05, 0) is 62.5 Å². The number of hydrogen-bond acceptors (Lipinski definition) is 7. The molecule has 160 valence electrons. The van der Waals surface area contributed by atoms with Gasteiger partial charge in [-0.25, -0.2) is 4.98 Å². The number of pyridine rings is 1. The summed E-state index contributed by atoms with van der Waals surface area (Å²) in [6.07, 6.45) is 3.37. The number of nitrogen functional groups attached to an aromatic ring is 1. The predicted molar refractivity (Wildman–Crippen MR) is 116 cm³/mol. The number of anilines is 1. The number of likely N-dealkylation sites (tertiary alicyclic amines) is 1. The topological polar surface area (TPSA) is 101 Å². The fourth-order valence-corrected chi connectivity index (χ4v) is 6.17. The zero-order chi connectivity index (χ0) is 20.8. The van der Waals surface area contributed by atoms with Gasteiger partial charge in [0, 0.05) is 24.4 Å². The van der Waals surface area contributed by atoms with E-state index in [1.54, 1.807) is 17.4 Å². The van der Waals surface area contributed by atoms with Crippen molar-refractivity contribution in [2.75, 3.05) is 38.5 Å². The van der Waals surface area contributed by atoms with Gasteiger partial charge in [0.25, 0.3) is 5.91 Å². The second-order valence-electron chi connectivity index (χ2n) is 8.56. The Hall–Kier alpha value is -2.00. The maximum Gasteiger partial charge on any atom is 0.254 e. The Labute approximate surface area is 180 Å². The number of aromatic nitrogens is 1. The van der Waals surface area contributed by atoms with Gasteiger partial charge in [0.1, 0.15) is 11.4 Å². The first-order chi connectivity index (χ1) is 14.5. The van der Waals surface area contributed by atoms with Gasteiger partial charge in [0.15, 0.2) is 0 Å². The largest absolute Gasteiger partial charge is 0.384 e. The Bertz CT molecular complexity index is 946. The van der Waals surface area contributed by atoms with Crippen molar-refractivity contribution in [1.29, 1.82) is 0 Å². The lowest BCUT2D eigenvalue weighted by Crippen LogP contribution is -2.57. The third-order valence-electron chi connectivity index (χ3n) is 6.72. The number of nitrogens with zero attached hydrogens (tertiary/aromatic N) is 2. The van der Waals surface area contributed by atoms with Crippen LogP contribution in [-0.4, -0.2) is 59.3 Å². The molecule has 5 rings (SSSR count). The van der Waals surface area contributed by atoms with Crippen LogP contribution in [0.3, 0.4) is 0 Å². The number of carbonyl (C=O) groups is 1. The molecular formula is C22H28N4O3S. The Morgan fingerprint density at radius 1 is 1.23 bits per heavy atom. The average molecular weight is 429 g/mol. The van der Waals surface area contributed by atoms with Crippen molar-refractivity contribution < 1.29 is 14.6 Å². The molecule has 3 aliphatic heterocycles. The summed E-state index contributed by atoms with van der Waals surface area (Å²) in [5.41, 5.74) is 6.44. The van der Waals surface area contributed by atoms with E-state index < -0.39 is 5.60 Å². The first kappa shape index (κ1) is 19.9. The number of nitrogens with two attached hydrogens (primary N) is 1. The van der Waals surface area contributed by atoms with E-state index in [0.29, 0.717) is 51.4 Å². The van der Waals surface area contributed by atoms with E-state index in [9.17, 15) is 9.90 Å². The molecule has 7 nitrogen and oxygen atoms in total. The van der Waals surface area contributed by atoms with E-state index in [2.05, 4.69) is 16.4 Å². The molecule has 2 aromatic rings. The van der Waals surface area contributed by atoms with Gasteiger partial charge < -0.3 is 25.8 Å². The van der Waals surface area contributed by atoms with Gasteiger partial charge in [0.05, 0.1) is 22.8 Å². The lowest BCUT2D eigenvalue weighted by Gasteiger charge is -2.46. The van der Waals surface area contributed by atoms with Crippen LogP contribution >= 0.6 is 11.3 Å². The normalized spacial score (nSPS) is 22.6. The Morgan fingerprint density at radius 2 is 2.00 bits per heavy atom. The summed E-state index contributed by atoms with van der Waals surface area (Å²) in [7, 11) is 0. The van der Waals surface area contributed by atoms with Crippen LogP contribution in [0.1, 0.15) is 36.1 Å². The van der Waals surface area contributed by atoms with E-state index in [1.165, 1.54) is 10.4 Å². The molecule has 0 aromatic carbocycles. The zero-order valence-corrected chi connectivity index (χ0v) is 17.8. The van der Waals surface area contributed by atoms with E-state index in [4.69, 9.17) is 10.5 Å². The number of amides is 1. The summed E-state index contributed by atoms with van der Waals surface area (Å²) in [5.74, 6) is 0.400. The van der Waals surface area contributed by atoms with Gasteiger partial charge in [-0.1, -0.05) is 6.07 Å². The van der Waals surface area contributed by atoms with Crippen LogP contribution in [-0.2, 0) is 21.6 Å². The Kier molecular flexibility index (Phi) is 5.05. The summed E-state index contributed by atoms with van der Waals surface area (Å²) in [4.78, 5) is 21.8. The van der Waals surface area contributed by atoms with Gasteiger partial charge in [-0.2, -0.15) is 0 Å². The molecule has 30 heavy (non-hydrogen) atoms. The first-order valence-corrected chi connectivity index (χ1v) is 11.5. The maximum absolute atomic E-state index is 13.0. The van der Waals surface area contributed by atoms with Crippen molar-refractivity contribution in [2.45, 2.75) is 43.3 Å². The SMILES string of the molecule is Nc1cccc(-c2cc3c(s2)CCOC32CCN(C(=O)C3(O)CCNCC3)CC2)n1.